The summed E-state index contributed by atoms with van der Waals surface area (Å²) in [5.74, 6) is 0.370. The molecule has 1 N–H and O–H groups in total. The van der Waals surface area contributed by atoms with Crippen molar-refractivity contribution in [2.45, 2.75) is 52.2 Å². The lowest BCUT2D eigenvalue weighted by atomic mass is 10.1. The van der Waals surface area contributed by atoms with Crippen LogP contribution in [0, 0.1) is 20.8 Å². The first kappa shape index (κ1) is 25.3. The van der Waals surface area contributed by atoms with Crippen LogP contribution in [0.2, 0.25) is 0 Å². The van der Waals surface area contributed by atoms with Crippen molar-refractivity contribution < 1.29 is 17.9 Å². The van der Waals surface area contributed by atoms with E-state index in [1.807, 2.05) is 65.0 Å². The number of nitrogens with zero attached hydrogens (tertiary/aromatic N) is 1. The highest BCUT2D eigenvalue weighted by atomic mass is 32.2. The zero-order chi connectivity index (χ0) is 24.9. The quantitative estimate of drug-likeness (QED) is 0.472. The Morgan fingerprint density at radius 1 is 0.941 bits per heavy atom. The zero-order valence-corrected chi connectivity index (χ0v) is 21.1. The molecule has 0 aliphatic carbocycles. The normalized spacial score (nSPS) is 11.4. The third kappa shape index (κ3) is 6.17. The Morgan fingerprint density at radius 3 is 2.21 bits per heavy atom. The number of carbonyl (C=O) groups excluding carboxylic acids is 1. The average Bonchev–Trinajstić information content (AvgIpc) is 2.79. The second-order valence-electron chi connectivity index (χ2n) is 8.63. The lowest BCUT2D eigenvalue weighted by molar-refractivity contribution is -0.119. The molecule has 180 valence electrons. The van der Waals surface area contributed by atoms with Crippen molar-refractivity contribution in [1.29, 1.82) is 0 Å². The van der Waals surface area contributed by atoms with Crippen molar-refractivity contribution in [3.63, 3.8) is 0 Å². The first-order chi connectivity index (χ1) is 16.1. The summed E-state index contributed by atoms with van der Waals surface area (Å²) in [5.41, 5.74) is 4.10. The third-order valence-corrected chi connectivity index (χ3v) is 7.30. The van der Waals surface area contributed by atoms with Crippen LogP contribution in [0.15, 0.2) is 71.6 Å². The number of hydrogen-bond donors (Lipinski definition) is 1. The molecule has 34 heavy (non-hydrogen) atoms. The fraction of sp³-hybridized carbons (Fsp3) is 0.296. The highest BCUT2D eigenvalue weighted by molar-refractivity contribution is 7.92. The van der Waals surface area contributed by atoms with E-state index in [2.05, 4.69) is 5.32 Å². The molecular weight excluding hydrogens is 448 g/mol. The highest BCUT2D eigenvalue weighted by Gasteiger charge is 2.28. The lowest BCUT2D eigenvalue weighted by Gasteiger charge is -2.26. The van der Waals surface area contributed by atoms with Crippen molar-refractivity contribution in [1.82, 2.24) is 5.32 Å². The van der Waals surface area contributed by atoms with E-state index in [4.69, 9.17) is 4.74 Å². The number of hydrogen-bond acceptors (Lipinski definition) is 4. The van der Waals surface area contributed by atoms with Gasteiger partial charge in [0.15, 0.2) is 0 Å². The van der Waals surface area contributed by atoms with E-state index >= 15 is 0 Å². The predicted molar refractivity (Wildman–Crippen MR) is 136 cm³/mol. The molecule has 3 aromatic rings. The van der Waals surface area contributed by atoms with E-state index in [0.29, 0.717) is 5.69 Å². The van der Waals surface area contributed by atoms with Gasteiger partial charge in [-0.05, 0) is 81.6 Å². The molecule has 0 aliphatic heterocycles. The molecule has 0 spiro atoms. The smallest absolute Gasteiger partial charge is 0.264 e. The molecule has 3 aromatic carbocycles. The molecule has 0 aromatic heterocycles. The Balaban J connectivity index is 1.82. The van der Waals surface area contributed by atoms with Crippen LogP contribution < -0.4 is 14.4 Å². The number of nitrogens with one attached hydrogen (secondary N) is 1. The molecule has 0 heterocycles. The fourth-order valence-corrected chi connectivity index (χ4v) is 4.97. The van der Waals surface area contributed by atoms with Gasteiger partial charge in [-0.2, -0.15) is 0 Å². The Labute approximate surface area is 202 Å². The van der Waals surface area contributed by atoms with E-state index in [1.165, 1.54) is 4.31 Å². The number of rotatable bonds is 9. The molecule has 0 fully saturated rings. The molecule has 0 aliphatic rings. The van der Waals surface area contributed by atoms with Crippen LogP contribution in [0.4, 0.5) is 5.69 Å². The van der Waals surface area contributed by atoms with Crippen LogP contribution in [0.3, 0.4) is 0 Å². The summed E-state index contributed by atoms with van der Waals surface area (Å²) in [6.07, 6.45) is 0.0806. The summed E-state index contributed by atoms with van der Waals surface area (Å²) in [6, 6.07) is 19.6. The predicted octanol–water partition coefficient (Wildman–Crippen LogP) is 4.91. The summed E-state index contributed by atoms with van der Waals surface area (Å²) in [6.45, 7) is 9.55. The minimum Gasteiger partial charge on any atom is -0.491 e. The molecule has 0 unspecified atom stereocenters. The number of ether oxygens (including phenoxy) is 1. The SMILES string of the molecule is Cc1ccc(S(=O)(=O)N(CC(=O)NCc2ccc(OC(C)C)cc2)c2cccc(C)c2C)cc1. The molecule has 6 nitrogen and oxygen atoms in total. The van der Waals surface area contributed by atoms with Crippen LogP contribution in [0.25, 0.3) is 0 Å². The summed E-state index contributed by atoms with van der Waals surface area (Å²) in [7, 11) is -3.95. The van der Waals surface area contributed by atoms with Gasteiger partial charge in [-0.25, -0.2) is 8.42 Å². The van der Waals surface area contributed by atoms with E-state index < -0.39 is 10.0 Å². The number of sulfonamides is 1. The molecule has 0 saturated carbocycles. The van der Waals surface area contributed by atoms with Crippen molar-refractivity contribution in [3.05, 3.63) is 89.0 Å². The monoisotopic (exact) mass is 480 g/mol. The van der Waals surface area contributed by atoms with Gasteiger partial charge in [-0.3, -0.25) is 9.10 Å². The number of aryl methyl sites for hydroxylation is 2. The molecule has 0 radical (unpaired) electrons. The lowest BCUT2D eigenvalue weighted by Crippen LogP contribution is -2.41. The van der Waals surface area contributed by atoms with Crippen LogP contribution in [-0.2, 0) is 21.4 Å². The second kappa shape index (κ2) is 10.7. The Morgan fingerprint density at radius 2 is 1.59 bits per heavy atom. The highest BCUT2D eigenvalue weighted by Crippen LogP contribution is 2.28. The molecule has 0 bridgehead atoms. The van der Waals surface area contributed by atoms with E-state index in [0.717, 1.165) is 28.0 Å². The van der Waals surface area contributed by atoms with Gasteiger partial charge >= 0.3 is 0 Å². The largest absolute Gasteiger partial charge is 0.491 e. The molecular formula is C27H32N2O4S. The van der Waals surface area contributed by atoms with Crippen LogP contribution >= 0.6 is 0 Å². The average molecular weight is 481 g/mol. The van der Waals surface area contributed by atoms with Gasteiger partial charge in [0.1, 0.15) is 12.3 Å². The Kier molecular flexibility index (Phi) is 7.99. The van der Waals surface area contributed by atoms with Crippen molar-refractivity contribution in [2.75, 3.05) is 10.8 Å². The third-order valence-electron chi connectivity index (χ3n) is 5.53. The van der Waals surface area contributed by atoms with Crippen LogP contribution in [-0.4, -0.2) is 27.0 Å². The molecule has 7 heteroatoms. The summed E-state index contributed by atoms with van der Waals surface area (Å²) < 4.78 is 34.0. The first-order valence-electron chi connectivity index (χ1n) is 11.3. The fourth-order valence-electron chi connectivity index (χ4n) is 3.49. The van der Waals surface area contributed by atoms with Gasteiger partial charge in [0, 0.05) is 6.54 Å². The maximum absolute atomic E-state index is 13.6. The second-order valence-corrected chi connectivity index (χ2v) is 10.5. The Bertz CT molecular complexity index is 1230. The number of amides is 1. The number of benzene rings is 3. The summed E-state index contributed by atoms with van der Waals surface area (Å²) in [5, 5.41) is 2.84. The zero-order valence-electron chi connectivity index (χ0n) is 20.3. The standard InChI is InChI=1S/C27H32N2O4S/c1-19(2)33-24-13-11-23(12-14-24)17-28-27(30)18-29(26-8-6-7-21(4)22(26)5)34(31,32)25-15-9-20(3)10-16-25/h6-16,19H,17-18H2,1-5H3,(H,28,30). The van der Waals surface area contributed by atoms with E-state index in [1.54, 1.807) is 36.4 Å². The van der Waals surface area contributed by atoms with Gasteiger partial charge in [-0.15, -0.1) is 0 Å². The number of carbonyl (C=O) groups is 1. The molecule has 0 atom stereocenters. The number of anilines is 1. The minimum atomic E-state index is -3.95. The van der Waals surface area contributed by atoms with Gasteiger partial charge in [-0.1, -0.05) is 42.0 Å². The molecule has 0 saturated heterocycles. The van der Waals surface area contributed by atoms with Gasteiger partial charge in [0.25, 0.3) is 10.0 Å². The minimum absolute atomic E-state index is 0.0806. The van der Waals surface area contributed by atoms with Gasteiger partial charge < -0.3 is 10.1 Å². The van der Waals surface area contributed by atoms with E-state index in [-0.39, 0.29) is 30.0 Å². The summed E-state index contributed by atoms with van der Waals surface area (Å²) in [4.78, 5) is 13.0. The molecule has 3 rings (SSSR count). The van der Waals surface area contributed by atoms with Gasteiger partial charge in [0.05, 0.1) is 16.7 Å². The van der Waals surface area contributed by atoms with Crippen molar-refractivity contribution in [3.8, 4) is 5.75 Å². The van der Waals surface area contributed by atoms with Crippen molar-refractivity contribution in [2.24, 2.45) is 0 Å². The first-order valence-corrected chi connectivity index (χ1v) is 12.7. The maximum Gasteiger partial charge on any atom is 0.264 e. The summed E-state index contributed by atoms with van der Waals surface area (Å²) >= 11 is 0. The van der Waals surface area contributed by atoms with Gasteiger partial charge in [0.2, 0.25) is 5.91 Å². The molecule has 1 amide bonds. The topological polar surface area (TPSA) is 75.7 Å². The maximum atomic E-state index is 13.6. The van der Waals surface area contributed by atoms with E-state index in [9.17, 15) is 13.2 Å². The van der Waals surface area contributed by atoms with Crippen molar-refractivity contribution >= 4 is 21.6 Å². The Hall–Kier alpha value is -3.32. The van der Waals surface area contributed by atoms with Crippen LogP contribution in [0.5, 0.6) is 5.75 Å². The van der Waals surface area contributed by atoms with Crippen LogP contribution in [0.1, 0.15) is 36.1 Å².